The van der Waals surface area contributed by atoms with Crippen LogP contribution in [0.15, 0.2) is 48.5 Å². The lowest BCUT2D eigenvalue weighted by atomic mass is 9.84. The minimum absolute atomic E-state index is 0.0947. The molecule has 0 amide bonds. The Kier molecular flexibility index (Phi) is 6.36. The van der Waals surface area contributed by atoms with Crippen LogP contribution >= 0.6 is 0 Å². The molecule has 2 aromatic carbocycles. The third kappa shape index (κ3) is 4.66. The first kappa shape index (κ1) is 27.0. The number of benzene rings is 2. The largest absolute Gasteiger partial charge is 0.511 e. The van der Waals surface area contributed by atoms with Crippen molar-refractivity contribution in [1.82, 2.24) is 4.72 Å². The number of Topliss-reactive ketones (excluding diaryl/α,β-unsaturated/α-hetero) is 1. The number of alkyl halides is 3. The van der Waals surface area contributed by atoms with Crippen molar-refractivity contribution in [3.63, 3.8) is 0 Å². The fraction of sp³-hybridized carbons (Fsp3) is 0.278. The van der Waals surface area contributed by atoms with Gasteiger partial charge in [-0.3, -0.25) is 4.79 Å². The molecular weight excluding hydrogens is 543 g/mol. The Morgan fingerprint density at radius 3 is 1.86 bits per heavy atom. The van der Waals surface area contributed by atoms with E-state index in [4.69, 9.17) is 4.74 Å². The van der Waals surface area contributed by atoms with Crippen molar-refractivity contribution in [2.24, 2.45) is 0 Å². The van der Waals surface area contributed by atoms with E-state index in [-0.39, 0.29) is 22.4 Å². The fourth-order valence-electron chi connectivity index (χ4n) is 3.65. The van der Waals surface area contributed by atoms with Crippen LogP contribution in [0.2, 0.25) is 0 Å². The van der Waals surface area contributed by atoms with E-state index in [0.717, 1.165) is 0 Å². The van der Waals surface area contributed by atoms with Crippen molar-refractivity contribution < 1.29 is 56.7 Å². The molecule has 2 atom stereocenters. The molecule has 2 aliphatic rings. The summed E-state index contributed by atoms with van der Waals surface area (Å²) < 4.78 is 113. The molecule has 2 N–H and O–H groups in total. The number of nitrogens with one attached hydrogen (secondary N) is 1. The van der Waals surface area contributed by atoms with Gasteiger partial charge in [0.2, 0.25) is 0 Å². The van der Waals surface area contributed by atoms with E-state index in [1.807, 2.05) is 0 Å². The molecule has 0 spiro atoms. The highest BCUT2D eigenvalue weighted by Gasteiger charge is 2.73. The lowest BCUT2D eigenvalue weighted by molar-refractivity contribution is -0.167. The molecule has 0 bridgehead atoms. The monoisotopic (exact) mass is 559 g/mol. The maximum absolute atomic E-state index is 13.0. The van der Waals surface area contributed by atoms with Gasteiger partial charge in [-0.15, -0.1) is 3.63 Å². The molecule has 35 heavy (non-hydrogen) atoms. The molecule has 1 aliphatic carbocycles. The first-order chi connectivity index (χ1) is 15.8. The predicted molar refractivity (Wildman–Crippen MR) is 112 cm³/mol. The van der Waals surface area contributed by atoms with Crippen molar-refractivity contribution in [1.29, 1.82) is 0 Å². The number of para-hydroxylation sites is 1. The van der Waals surface area contributed by atoms with E-state index in [2.05, 4.69) is 3.63 Å². The van der Waals surface area contributed by atoms with Crippen molar-refractivity contribution in [3.8, 4) is 5.75 Å². The van der Waals surface area contributed by atoms with Gasteiger partial charge in [0.05, 0.1) is 12.5 Å². The van der Waals surface area contributed by atoms with Crippen LogP contribution in [0.5, 0.6) is 5.75 Å². The molecule has 0 saturated heterocycles. The molecule has 2 aromatic rings. The van der Waals surface area contributed by atoms with Crippen LogP contribution in [0.3, 0.4) is 0 Å². The van der Waals surface area contributed by atoms with Crippen molar-refractivity contribution >= 4 is 36.0 Å². The molecule has 0 radical (unpaired) electrons. The Morgan fingerprint density at radius 1 is 0.886 bits per heavy atom. The summed E-state index contributed by atoms with van der Waals surface area (Å²) >= 11 is 0. The highest BCUT2D eigenvalue weighted by molar-refractivity contribution is 7.99. The average Bonchev–Trinajstić information content (AvgIpc) is 3.02. The molecular formula is C18H16F3NO10S3. The number of carbonyl (C=O) groups is 1. The van der Waals surface area contributed by atoms with Gasteiger partial charge in [-0.05, 0) is 6.07 Å². The van der Waals surface area contributed by atoms with Gasteiger partial charge in [0, 0.05) is 16.7 Å². The predicted octanol–water partition coefficient (Wildman–Crippen LogP) is 0.677. The smallest absolute Gasteiger partial charge is 0.455 e. The summed E-state index contributed by atoms with van der Waals surface area (Å²) in [5.41, 5.74) is -8.81. The second-order valence-corrected chi connectivity index (χ2v) is 12.4. The van der Waals surface area contributed by atoms with Crippen LogP contribution in [0.25, 0.3) is 0 Å². The number of fused-ring (bicyclic) bond motifs is 5. The zero-order chi connectivity index (χ0) is 26.7. The average molecular weight is 560 g/mol. The van der Waals surface area contributed by atoms with Gasteiger partial charge in [0.1, 0.15) is 5.75 Å². The highest BCUT2D eigenvalue weighted by Crippen LogP contribution is 2.58. The number of carbonyl (C=O) groups excluding carboxylic acids is 1. The van der Waals surface area contributed by atoms with Crippen LogP contribution in [0.4, 0.5) is 13.2 Å². The van der Waals surface area contributed by atoms with Crippen LogP contribution < -0.4 is 9.46 Å². The topological polar surface area (TPSA) is 170 Å². The Labute approximate surface area is 197 Å². The van der Waals surface area contributed by atoms with Crippen molar-refractivity contribution in [3.05, 3.63) is 65.2 Å². The van der Waals surface area contributed by atoms with E-state index in [0.29, 0.717) is 12.5 Å². The van der Waals surface area contributed by atoms with Gasteiger partial charge < -0.3 is 9.84 Å². The van der Waals surface area contributed by atoms with E-state index in [9.17, 15) is 48.3 Å². The number of hydrogen-bond donors (Lipinski definition) is 2. The highest BCUT2D eigenvalue weighted by atomic mass is 32.3. The minimum atomic E-state index is -5.99. The zero-order valence-corrected chi connectivity index (χ0v) is 20.0. The molecule has 0 aromatic heterocycles. The molecule has 1 heterocycles. The van der Waals surface area contributed by atoms with Crippen molar-refractivity contribution in [2.75, 3.05) is 12.5 Å². The SMILES string of the molecule is CS(=O)(=O)OS(C)(=O)=O.O=C1c2ccccc2C2(O)Oc3ccccc3C12NS(=O)(=O)C(F)(F)F. The summed E-state index contributed by atoms with van der Waals surface area (Å²) in [6.07, 6.45) is 1.32. The maximum Gasteiger partial charge on any atom is 0.511 e. The number of hydrogen-bond acceptors (Lipinski definition) is 10. The Hall–Kier alpha value is -2.57. The van der Waals surface area contributed by atoms with Crippen LogP contribution in [-0.2, 0) is 45.2 Å². The van der Waals surface area contributed by atoms with Crippen LogP contribution in [0.1, 0.15) is 21.5 Å². The number of halogens is 3. The summed E-state index contributed by atoms with van der Waals surface area (Å²) in [5.74, 6) is -3.78. The summed E-state index contributed by atoms with van der Waals surface area (Å²) in [4.78, 5) is 13.0. The first-order valence-corrected chi connectivity index (χ1v) is 14.2. The maximum atomic E-state index is 13.0. The molecule has 0 saturated carbocycles. The Morgan fingerprint density at radius 2 is 1.37 bits per heavy atom. The lowest BCUT2D eigenvalue weighted by Gasteiger charge is -2.34. The quantitative estimate of drug-likeness (QED) is 0.543. The van der Waals surface area contributed by atoms with Gasteiger partial charge in [-0.25, -0.2) is 8.42 Å². The number of rotatable bonds is 4. The molecule has 17 heteroatoms. The molecule has 2 unspecified atom stereocenters. The normalized spacial score (nSPS) is 23.4. The Bertz CT molecular complexity index is 1490. The summed E-state index contributed by atoms with van der Waals surface area (Å²) in [5, 5.41) is 11.1. The third-order valence-electron chi connectivity index (χ3n) is 4.77. The van der Waals surface area contributed by atoms with Gasteiger partial charge in [0.25, 0.3) is 26.0 Å². The van der Waals surface area contributed by atoms with Crippen LogP contribution in [0, 0.1) is 0 Å². The van der Waals surface area contributed by atoms with Gasteiger partial charge in [0.15, 0.2) is 11.3 Å². The zero-order valence-electron chi connectivity index (χ0n) is 17.6. The Balaban J connectivity index is 0.000000327. The second kappa shape index (κ2) is 8.24. The number of sulfonamides is 1. The second-order valence-electron chi connectivity index (χ2n) is 7.39. The number of ketones is 1. The van der Waals surface area contributed by atoms with Gasteiger partial charge in [-0.2, -0.15) is 34.7 Å². The standard InChI is InChI=1S/C16H10F3NO5S.C2H6O5S2/c17-16(18,19)26(23,24)20-14-11-7-3-4-8-12(11)25-15(14,22)10-6-2-1-5-9(10)13(14)21;1-8(3,4)7-9(2,5)6/h1-8,20,22H;1-2H3. The minimum Gasteiger partial charge on any atom is -0.455 e. The van der Waals surface area contributed by atoms with E-state index in [1.54, 1.807) is 0 Å². The van der Waals surface area contributed by atoms with E-state index in [1.165, 1.54) is 53.3 Å². The van der Waals surface area contributed by atoms with E-state index < -0.39 is 52.9 Å². The first-order valence-electron chi connectivity index (χ1n) is 9.12. The van der Waals surface area contributed by atoms with E-state index >= 15 is 0 Å². The third-order valence-corrected chi connectivity index (χ3v) is 7.94. The molecule has 192 valence electrons. The molecule has 11 nitrogen and oxygen atoms in total. The van der Waals surface area contributed by atoms with Crippen molar-refractivity contribution in [2.45, 2.75) is 16.8 Å². The molecule has 4 rings (SSSR count). The number of aliphatic hydroxyl groups is 1. The lowest BCUT2D eigenvalue weighted by Crippen LogP contribution is -2.61. The summed E-state index contributed by atoms with van der Waals surface area (Å²) in [6, 6.07) is 10.9. The van der Waals surface area contributed by atoms with Gasteiger partial charge in [-0.1, -0.05) is 42.5 Å². The van der Waals surface area contributed by atoms with Gasteiger partial charge >= 0.3 is 15.5 Å². The summed E-state index contributed by atoms with van der Waals surface area (Å²) in [7, 11) is -13.7. The van der Waals surface area contributed by atoms with Crippen LogP contribution in [-0.4, -0.2) is 54.2 Å². The number of ether oxygens (including phenoxy) is 1. The summed E-state index contributed by atoms with van der Waals surface area (Å²) in [6.45, 7) is 0. The molecule has 1 aliphatic heterocycles. The fourth-order valence-corrected chi connectivity index (χ4v) is 6.31. The molecule has 0 fully saturated rings.